The van der Waals surface area contributed by atoms with Crippen molar-refractivity contribution in [3.8, 4) is 0 Å². The summed E-state index contributed by atoms with van der Waals surface area (Å²) >= 11 is 0. The summed E-state index contributed by atoms with van der Waals surface area (Å²) in [4.78, 5) is 0. The molecule has 2 aromatic rings. The van der Waals surface area contributed by atoms with Gasteiger partial charge >= 0.3 is 0 Å². The normalized spacial score (nSPS) is 12.7. The van der Waals surface area contributed by atoms with Crippen LogP contribution in [0, 0.1) is 13.8 Å². The maximum Gasteiger partial charge on any atom is 0.0522 e. The van der Waals surface area contributed by atoms with Gasteiger partial charge in [0, 0.05) is 18.8 Å². The van der Waals surface area contributed by atoms with Gasteiger partial charge in [-0.3, -0.25) is 4.68 Å². The molecule has 0 radical (unpaired) electrons. The second-order valence-corrected chi connectivity index (χ2v) is 4.94. The summed E-state index contributed by atoms with van der Waals surface area (Å²) in [6.07, 6.45) is 4.82. The van der Waals surface area contributed by atoms with Gasteiger partial charge in [0.1, 0.15) is 0 Å². The average Bonchev–Trinajstić information content (AvgIpc) is 2.75. The Labute approximate surface area is 109 Å². The van der Waals surface area contributed by atoms with Crippen LogP contribution in [-0.4, -0.2) is 9.78 Å². The second kappa shape index (κ2) is 5.36. The van der Waals surface area contributed by atoms with Crippen molar-refractivity contribution in [2.45, 2.75) is 39.8 Å². The Hall–Kier alpha value is -1.61. The first-order valence-corrected chi connectivity index (χ1v) is 6.43. The molecule has 3 nitrogen and oxygen atoms in total. The maximum atomic E-state index is 6.28. The fourth-order valence-corrected chi connectivity index (χ4v) is 2.28. The van der Waals surface area contributed by atoms with Crippen molar-refractivity contribution in [3.63, 3.8) is 0 Å². The van der Waals surface area contributed by atoms with E-state index in [-0.39, 0.29) is 6.04 Å². The van der Waals surface area contributed by atoms with Crippen molar-refractivity contribution in [1.82, 2.24) is 9.78 Å². The Balaban J connectivity index is 2.13. The number of aromatic nitrogens is 2. The van der Waals surface area contributed by atoms with E-state index < -0.39 is 0 Å². The predicted molar refractivity (Wildman–Crippen MR) is 74.4 cm³/mol. The van der Waals surface area contributed by atoms with Gasteiger partial charge in [-0.2, -0.15) is 5.10 Å². The van der Waals surface area contributed by atoms with Gasteiger partial charge in [-0.25, -0.2) is 0 Å². The number of hydrogen-bond acceptors (Lipinski definition) is 2. The van der Waals surface area contributed by atoms with Crippen molar-refractivity contribution >= 4 is 0 Å². The lowest BCUT2D eigenvalue weighted by Crippen LogP contribution is -2.13. The highest BCUT2D eigenvalue weighted by molar-refractivity contribution is 5.31. The highest BCUT2D eigenvalue weighted by Crippen LogP contribution is 2.18. The number of aryl methyl sites for hydroxylation is 3. The van der Waals surface area contributed by atoms with Crippen LogP contribution in [0.25, 0.3) is 0 Å². The number of hydrogen-bond donors (Lipinski definition) is 1. The molecule has 96 valence electrons. The van der Waals surface area contributed by atoms with Crippen molar-refractivity contribution < 1.29 is 0 Å². The molecule has 2 rings (SSSR count). The third-order valence-electron chi connectivity index (χ3n) is 3.14. The molecule has 0 aliphatic heterocycles. The summed E-state index contributed by atoms with van der Waals surface area (Å²) in [7, 11) is 0. The first kappa shape index (κ1) is 12.8. The third-order valence-corrected chi connectivity index (χ3v) is 3.14. The SMILES string of the molecule is CCn1cc(CC(N)c2cc(C)cc(C)c2)cn1. The molecule has 1 atom stereocenters. The average molecular weight is 243 g/mol. The maximum absolute atomic E-state index is 6.28. The molecule has 0 fully saturated rings. The fourth-order valence-electron chi connectivity index (χ4n) is 2.28. The number of rotatable bonds is 4. The summed E-state index contributed by atoms with van der Waals surface area (Å²) in [6, 6.07) is 6.55. The molecule has 0 spiro atoms. The van der Waals surface area contributed by atoms with Crippen LogP contribution in [0.4, 0.5) is 0 Å². The molecule has 0 bridgehead atoms. The molecule has 0 aliphatic carbocycles. The van der Waals surface area contributed by atoms with Gasteiger partial charge in [0.25, 0.3) is 0 Å². The van der Waals surface area contributed by atoms with E-state index in [9.17, 15) is 0 Å². The Kier molecular flexibility index (Phi) is 3.82. The topological polar surface area (TPSA) is 43.8 Å². The quantitative estimate of drug-likeness (QED) is 0.897. The lowest BCUT2D eigenvalue weighted by atomic mass is 9.98. The minimum atomic E-state index is 0.0399. The van der Waals surface area contributed by atoms with E-state index in [0.717, 1.165) is 13.0 Å². The monoisotopic (exact) mass is 243 g/mol. The van der Waals surface area contributed by atoms with E-state index in [1.54, 1.807) is 0 Å². The standard InChI is InChI=1S/C15H21N3/c1-4-18-10-13(9-17-18)8-15(16)14-6-11(2)5-12(3)7-14/h5-7,9-10,15H,4,8,16H2,1-3H3. The van der Waals surface area contributed by atoms with Crippen molar-refractivity contribution in [2.24, 2.45) is 5.73 Å². The van der Waals surface area contributed by atoms with E-state index in [2.05, 4.69) is 50.3 Å². The number of benzene rings is 1. The van der Waals surface area contributed by atoms with Crippen LogP contribution in [-0.2, 0) is 13.0 Å². The molecule has 0 saturated heterocycles. The molecule has 0 saturated carbocycles. The second-order valence-electron chi connectivity index (χ2n) is 4.94. The van der Waals surface area contributed by atoms with Gasteiger partial charge in [-0.1, -0.05) is 29.3 Å². The first-order chi connectivity index (χ1) is 8.58. The van der Waals surface area contributed by atoms with Gasteiger partial charge < -0.3 is 5.73 Å². The van der Waals surface area contributed by atoms with Gasteiger partial charge in [0.2, 0.25) is 0 Å². The molecule has 1 aromatic heterocycles. The number of nitrogens with zero attached hydrogens (tertiary/aromatic N) is 2. The van der Waals surface area contributed by atoms with E-state index in [0.29, 0.717) is 0 Å². The summed E-state index contributed by atoms with van der Waals surface area (Å²) in [5.74, 6) is 0. The van der Waals surface area contributed by atoms with E-state index >= 15 is 0 Å². The van der Waals surface area contributed by atoms with Crippen LogP contribution in [0.2, 0.25) is 0 Å². The van der Waals surface area contributed by atoms with Gasteiger partial charge in [0.05, 0.1) is 6.20 Å². The van der Waals surface area contributed by atoms with Crippen molar-refractivity contribution in [2.75, 3.05) is 0 Å². The lowest BCUT2D eigenvalue weighted by Gasteiger charge is -2.12. The van der Waals surface area contributed by atoms with Gasteiger partial charge in [0.15, 0.2) is 0 Å². The molecule has 1 unspecified atom stereocenters. The fraction of sp³-hybridized carbons (Fsp3) is 0.400. The zero-order valence-corrected chi connectivity index (χ0v) is 11.4. The Morgan fingerprint density at radius 3 is 2.44 bits per heavy atom. The molecule has 2 N–H and O–H groups in total. The largest absolute Gasteiger partial charge is 0.324 e. The highest BCUT2D eigenvalue weighted by Gasteiger charge is 2.09. The molecule has 0 aliphatic rings. The van der Waals surface area contributed by atoms with Crippen LogP contribution >= 0.6 is 0 Å². The molecular formula is C15H21N3. The van der Waals surface area contributed by atoms with E-state index in [4.69, 9.17) is 5.73 Å². The molecule has 18 heavy (non-hydrogen) atoms. The zero-order chi connectivity index (χ0) is 13.1. The number of nitrogens with two attached hydrogens (primary N) is 1. The molecular weight excluding hydrogens is 222 g/mol. The van der Waals surface area contributed by atoms with Gasteiger partial charge in [-0.05, 0) is 38.3 Å². The highest BCUT2D eigenvalue weighted by atomic mass is 15.3. The van der Waals surface area contributed by atoms with Crippen molar-refractivity contribution in [3.05, 3.63) is 52.8 Å². The molecule has 1 aromatic carbocycles. The Bertz CT molecular complexity index is 508. The Morgan fingerprint density at radius 1 is 1.22 bits per heavy atom. The minimum Gasteiger partial charge on any atom is -0.324 e. The summed E-state index contributed by atoms with van der Waals surface area (Å²) in [5.41, 5.74) is 11.2. The molecule has 0 amide bonds. The minimum absolute atomic E-state index is 0.0399. The van der Waals surface area contributed by atoms with Crippen LogP contribution in [0.15, 0.2) is 30.6 Å². The lowest BCUT2D eigenvalue weighted by molar-refractivity contribution is 0.657. The van der Waals surface area contributed by atoms with Crippen molar-refractivity contribution in [1.29, 1.82) is 0 Å². The third kappa shape index (κ3) is 2.99. The van der Waals surface area contributed by atoms with Crippen LogP contribution < -0.4 is 5.73 Å². The van der Waals surface area contributed by atoms with E-state index in [1.165, 1.54) is 22.3 Å². The summed E-state index contributed by atoms with van der Waals surface area (Å²) < 4.78 is 1.93. The Morgan fingerprint density at radius 2 is 1.89 bits per heavy atom. The first-order valence-electron chi connectivity index (χ1n) is 6.43. The van der Waals surface area contributed by atoms with Gasteiger partial charge in [-0.15, -0.1) is 0 Å². The smallest absolute Gasteiger partial charge is 0.0522 e. The molecule has 3 heteroatoms. The van der Waals surface area contributed by atoms with Crippen LogP contribution in [0.3, 0.4) is 0 Å². The van der Waals surface area contributed by atoms with Crippen LogP contribution in [0.1, 0.15) is 35.2 Å². The zero-order valence-electron chi connectivity index (χ0n) is 11.4. The summed E-state index contributed by atoms with van der Waals surface area (Å²) in [6.45, 7) is 7.20. The van der Waals surface area contributed by atoms with E-state index in [1.807, 2.05) is 10.9 Å². The summed E-state index contributed by atoms with van der Waals surface area (Å²) in [5, 5.41) is 4.28. The predicted octanol–water partition coefficient (Wildman–Crippen LogP) is 2.76. The van der Waals surface area contributed by atoms with Crippen LogP contribution in [0.5, 0.6) is 0 Å². The molecule has 1 heterocycles.